The zero-order chi connectivity index (χ0) is 46.9. The predicted octanol–water partition coefficient (Wildman–Crippen LogP) is 1.29. The third-order valence-electron chi connectivity index (χ3n) is 7.56. The second-order valence-corrected chi connectivity index (χ2v) is 12.7. The molecular weight excluding hydrogens is 833 g/mol. The number of aliphatic hydroxyl groups excluding tert-OH is 4. The lowest BCUT2D eigenvalue weighted by Gasteiger charge is -2.11. The van der Waals surface area contributed by atoms with Crippen LogP contribution in [-0.2, 0) is 14.3 Å². The summed E-state index contributed by atoms with van der Waals surface area (Å²) < 4.78 is 8.88. The fourth-order valence-corrected chi connectivity index (χ4v) is 4.48. The van der Waals surface area contributed by atoms with Gasteiger partial charge in [-0.3, -0.25) is 14.8 Å². The number of para-hydroxylation sites is 3. The second kappa shape index (κ2) is 37.2. The van der Waals surface area contributed by atoms with Crippen molar-refractivity contribution in [2.75, 3.05) is 20.8 Å². The molecule has 5 unspecified atom stereocenters. The number of aliphatic hydroxyl groups is 4. The van der Waals surface area contributed by atoms with E-state index in [0.29, 0.717) is 23.8 Å². The van der Waals surface area contributed by atoms with Crippen molar-refractivity contribution in [2.45, 2.75) is 85.2 Å². The molecule has 5 atom stereocenters. The fourth-order valence-electron chi connectivity index (χ4n) is 4.48. The summed E-state index contributed by atoms with van der Waals surface area (Å²) in [6, 6.07) is 25.7. The molecule has 5 aromatic rings. The Labute approximate surface area is 374 Å². The summed E-state index contributed by atoms with van der Waals surface area (Å²) in [5.41, 5.74) is 1.18. The molecule has 1 aliphatic rings. The van der Waals surface area contributed by atoms with Crippen LogP contribution in [-0.4, -0.2) is 106 Å². The minimum Gasteiger partial charge on any atom is -0.872 e. The lowest BCUT2D eigenvalue weighted by molar-refractivity contribution is -0.308. The van der Waals surface area contributed by atoms with E-state index in [9.17, 15) is 39.9 Å². The van der Waals surface area contributed by atoms with Gasteiger partial charge in [0.1, 0.15) is 6.29 Å². The monoisotopic (exact) mass is 893 g/mol. The van der Waals surface area contributed by atoms with E-state index >= 15 is 0 Å². The van der Waals surface area contributed by atoms with E-state index in [0.717, 1.165) is 31.0 Å². The van der Waals surface area contributed by atoms with Gasteiger partial charge in [-0.25, -0.2) is 0 Å². The van der Waals surface area contributed by atoms with Crippen LogP contribution >= 0.6 is 0 Å². The highest BCUT2D eigenvalue weighted by Gasteiger charge is 2.13. The van der Waals surface area contributed by atoms with Gasteiger partial charge in [-0.2, -0.15) is 0 Å². The van der Waals surface area contributed by atoms with E-state index in [1.807, 2.05) is 18.2 Å². The maximum absolute atomic E-state index is 11.1. The molecule has 354 valence electrons. The molecule has 3 aromatic carbocycles. The minimum atomic E-state index is -1.24. The molecule has 6 rings (SSSR count). The Morgan fingerprint density at radius 2 is 1.23 bits per heavy atom. The van der Waals surface area contributed by atoms with E-state index in [1.165, 1.54) is 50.7 Å². The van der Waals surface area contributed by atoms with Crippen LogP contribution in [0.4, 0.5) is 0 Å². The smallest absolute Gasteiger partial charge is 0.158 e. The number of carbonyl (C=O) groups excluding carboxylic acids is 3. The van der Waals surface area contributed by atoms with Crippen molar-refractivity contribution in [1.82, 2.24) is 15.3 Å². The maximum atomic E-state index is 11.1. The number of benzene rings is 3. The molecule has 1 fully saturated rings. The average molecular weight is 894 g/mol. The number of aromatic nitrogens is 2. The lowest BCUT2D eigenvalue weighted by Crippen LogP contribution is -2.41. The molecule has 18 heteroatoms. The number of aldehydes is 1. The van der Waals surface area contributed by atoms with Crippen LogP contribution in [0.3, 0.4) is 0 Å². The Kier molecular flexibility index (Phi) is 36.0. The topological polar surface area (TPSA) is 328 Å². The Morgan fingerprint density at radius 1 is 0.734 bits per heavy atom. The van der Waals surface area contributed by atoms with E-state index < -0.39 is 24.5 Å². The number of ether oxygens (including phenoxy) is 2. The molecule has 0 radical (unpaired) electrons. The first kappa shape index (κ1) is 61.9. The number of nitrogens with zero attached hydrogens (tertiary/aromatic N) is 2. The number of aromatic carboxylic acids is 1. The van der Waals surface area contributed by atoms with Gasteiger partial charge in [-0.1, -0.05) is 105 Å². The summed E-state index contributed by atoms with van der Waals surface area (Å²) in [7, 11) is 2.71. The molecule has 1 aliphatic heterocycles. The third kappa shape index (κ3) is 29.0. The fraction of sp³-hybridized carbons (Fsp3) is 0.348. The van der Waals surface area contributed by atoms with Crippen LogP contribution in [0.15, 0.2) is 109 Å². The molecular formula is C46H61N4O14-5. The Balaban J connectivity index is -0.000000678. The van der Waals surface area contributed by atoms with Gasteiger partial charge in [0.2, 0.25) is 0 Å². The van der Waals surface area contributed by atoms with Gasteiger partial charge in [-0.05, 0) is 68.8 Å². The maximum Gasteiger partial charge on any atom is 0.158 e. The normalized spacial score (nSPS) is 13.5. The summed E-state index contributed by atoms with van der Waals surface area (Å²) in [4.78, 5) is 37.6. The summed E-state index contributed by atoms with van der Waals surface area (Å²) in [6.07, 6.45) is 4.24. The molecule has 3 heterocycles. The lowest BCUT2D eigenvalue weighted by atomic mass is 10.2. The summed E-state index contributed by atoms with van der Waals surface area (Å²) in [5, 5.41) is 97.5. The minimum absolute atomic E-state index is 0. The molecule has 0 aliphatic carbocycles. The molecule has 0 amide bonds. The van der Waals surface area contributed by atoms with Crippen LogP contribution in [0.5, 0.6) is 17.2 Å². The molecule has 18 nitrogen and oxygen atoms in total. The molecule has 0 bridgehead atoms. The van der Waals surface area contributed by atoms with Crippen LogP contribution in [0, 0.1) is 5.41 Å². The predicted molar refractivity (Wildman–Crippen MR) is 233 cm³/mol. The van der Waals surface area contributed by atoms with E-state index in [2.05, 4.69) is 24.8 Å². The number of pyridine rings is 2. The number of hydrogen-bond donors (Lipinski definition) is 6. The third-order valence-corrected chi connectivity index (χ3v) is 7.56. The Hall–Kier alpha value is -6.38. The van der Waals surface area contributed by atoms with Gasteiger partial charge in [-0.15, -0.1) is 5.75 Å². The number of carboxylic acid groups (broad SMARTS) is 2. The molecule has 6 N–H and O–H groups in total. The first-order chi connectivity index (χ1) is 29.5. The number of fused-ring (bicyclic) bond motifs is 1. The van der Waals surface area contributed by atoms with E-state index in [4.69, 9.17) is 25.8 Å². The standard InChI is InChI=1S/C9H7NO.C7H7NO.C7H6O2.C6H5NO2.C5H9NO2.C5H12O4.C5H12O2.2CH4/c11-8-5-1-3-7-4-2-6-10-9(7)8;2*8-5-6-3-1-2-4-7(6)9;8-6(9)5-3-1-2-4-7-5;7-5(8)4-2-1-3-6-4;1-8-4(6)3-5(7)9-2;1-4(6)3-5(2)7;;/h1-6,11H;1-5,8-9H;1-5,9H;1-4H,(H,8,9);4,6H,1-3H2,(H,7,8);4-7H,3H2,1-2H3;4-7H,3H2,1-2H3;2*1H4/p-5. The van der Waals surface area contributed by atoms with Gasteiger partial charge in [0, 0.05) is 50.9 Å². The van der Waals surface area contributed by atoms with Crippen molar-refractivity contribution < 1.29 is 69.8 Å². The molecule has 1 saturated heterocycles. The summed E-state index contributed by atoms with van der Waals surface area (Å²) in [5.74, 6) is -2.53. The van der Waals surface area contributed by atoms with Crippen molar-refractivity contribution >= 4 is 35.3 Å². The van der Waals surface area contributed by atoms with Crippen molar-refractivity contribution in [3.63, 3.8) is 0 Å². The van der Waals surface area contributed by atoms with E-state index in [1.54, 1.807) is 68.6 Å². The highest BCUT2D eigenvalue weighted by atomic mass is 16.6. The number of carboxylic acids is 2. The quantitative estimate of drug-likeness (QED) is 0.0653. The largest absolute Gasteiger partial charge is 0.872 e. The van der Waals surface area contributed by atoms with Crippen LogP contribution in [0.25, 0.3) is 10.9 Å². The van der Waals surface area contributed by atoms with Crippen molar-refractivity contribution in [3.05, 3.63) is 126 Å². The number of nitrogens with one attached hydrogen (secondary N) is 2. The first-order valence-electron chi connectivity index (χ1n) is 18.8. The molecule has 64 heavy (non-hydrogen) atoms. The summed E-state index contributed by atoms with van der Waals surface area (Å²) >= 11 is 0. The molecule has 0 spiro atoms. The Bertz CT molecular complexity index is 1910. The second-order valence-electron chi connectivity index (χ2n) is 12.7. The zero-order valence-corrected chi connectivity index (χ0v) is 34.7. The zero-order valence-electron chi connectivity index (χ0n) is 34.7. The molecule has 2 aromatic heterocycles. The van der Waals surface area contributed by atoms with Gasteiger partial charge < -0.3 is 75.7 Å². The number of aliphatic carboxylic acids is 1. The summed E-state index contributed by atoms with van der Waals surface area (Å²) in [6.45, 7) is 4.14. The van der Waals surface area contributed by atoms with Crippen LogP contribution in [0.1, 0.15) is 80.8 Å². The van der Waals surface area contributed by atoms with E-state index in [-0.39, 0.29) is 68.0 Å². The van der Waals surface area contributed by atoms with Crippen molar-refractivity contribution in [3.8, 4) is 17.2 Å². The first-order valence-corrected chi connectivity index (χ1v) is 18.8. The van der Waals surface area contributed by atoms with Gasteiger partial charge in [0.05, 0.1) is 35.4 Å². The SMILES string of the molecule is C.C.CC(O)CC(C)O.COC(O)CC(O)OC.N=Cc1ccccc1[O-].O=C([O-])C1CCCN1.O=C([O-])c1ccccn1.O=Cc1ccccc1[O-].[O-]c1cccc2cccnc12. The number of carbonyl (C=O) groups is 3. The van der Waals surface area contributed by atoms with Crippen molar-refractivity contribution in [2.24, 2.45) is 0 Å². The highest BCUT2D eigenvalue weighted by molar-refractivity contribution is 5.84. The highest BCUT2D eigenvalue weighted by Crippen LogP contribution is 2.18. The number of rotatable bonds is 10. The van der Waals surface area contributed by atoms with Crippen LogP contribution < -0.4 is 30.8 Å². The Morgan fingerprint density at radius 3 is 1.56 bits per heavy atom. The van der Waals surface area contributed by atoms with Gasteiger partial charge >= 0.3 is 0 Å². The van der Waals surface area contributed by atoms with Gasteiger partial charge in [0.25, 0.3) is 0 Å². The van der Waals surface area contributed by atoms with Crippen molar-refractivity contribution in [1.29, 1.82) is 5.41 Å². The molecule has 0 saturated carbocycles. The van der Waals surface area contributed by atoms with Crippen LogP contribution in [0.2, 0.25) is 0 Å². The average Bonchev–Trinajstić information content (AvgIpc) is 3.82. The van der Waals surface area contributed by atoms with Gasteiger partial charge in [0.15, 0.2) is 12.6 Å². The number of hydrogen-bond acceptors (Lipinski definition) is 18. The number of methoxy groups -OCH3 is 2.